The lowest BCUT2D eigenvalue weighted by Gasteiger charge is -2.43. The number of amides is 1. The Kier molecular flexibility index (Phi) is 6.29. The Hall–Kier alpha value is -1.74. The maximum absolute atomic E-state index is 13.5. The number of likely N-dealkylation sites (N-methyl/N-ethyl adjacent to an activating group) is 1. The van der Waals surface area contributed by atoms with Gasteiger partial charge >= 0.3 is 0 Å². The molecule has 8 heteroatoms. The van der Waals surface area contributed by atoms with Gasteiger partial charge in [-0.25, -0.2) is 8.42 Å². The molecule has 2 saturated heterocycles. The van der Waals surface area contributed by atoms with Crippen LogP contribution in [0.25, 0.3) is 0 Å². The van der Waals surface area contributed by atoms with Crippen molar-refractivity contribution in [3.63, 3.8) is 0 Å². The number of aryl methyl sites for hydroxylation is 1. The van der Waals surface area contributed by atoms with Crippen LogP contribution in [0, 0.1) is 12.8 Å². The van der Waals surface area contributed by atoms with Gasteiger partial charge in [0.15, 0.2) is 0 Å². The van der Waals surface area contributed by atoms with Crippen molar-refractivity contribution in [3.8, 4) is 0 Å². The van der Waals surface area contributed by atoms with E-state index >= 15 is 0 Å². The molecule has 0 N–H and O–H groups in total. The highest BCUT2D eigenvalue weighted by Crippen LogP contribution is 2.32. The Morgan fingerprint density at radius 2 is 1.80 bits per heavy atom. The van der Waals surface area contributed by atoms with Crippen LogP contribution in [0.5, 0.6) is 0 Å². The van der Waals surface area contributed by atoms with E-state index in [9.17, 15) is 13.2 Å². The van der Waals surface area contributed by atoms with Gasteiger partial charge in [0.05, 0.1) is 12.0 Å². The van der Waals surface area contributed by atoms with Crippen LogP contribution in [-0.2, 0) is 14.8 Å². The van der Waals surface area contributed by atoms with E-state index in [1.54, 1.807) is 6.07 Å². The average Bonchev–Trinajstić information content (AvgIpc) is 3.21. The van der Waals surface area contributed by atoms with Gasteiger partial charge in [-0.15, -0.1) is 11.3 Å². The molecule has 2 aliphatic rings. The molecule has 1 aromatic carbocycles. The molecule has 2 atom stereocenters. The summed E-state index contributed by atoms with van der Waals surface area (Å²) in [6.07, 6.45) is 1.45. The third-order valence-electron chi connectivity index (χ3n) is 6.09. The quantitative estimate of drug-likeness (QED) is 0.723. The minimum absolute atomic E-state index is 0.00405. The van der Waals surface area contributed by atoms with E-state index in [2.05, 4.69) is 24.1 Å². The molecule has 30 heavy (non-hydrogen) atoms. The molecule has 0 aliphatic carbocycles. The highest BCUT2D eigenvalue weighted by Gasteiger charge is 2.38. The first-order valence-corrected chi connectivity index (χ1v) is 12.7. The van der Waals surface area contributed by atoms with Crippen LogP contribution in [-0.4, -0.2) is 68.2 Å². The molecule has 162 valence electrons. The zero-order chi connectivity index (χ0) is 21.3. The third-order valence-corrected chi connectivity index (χ3v) is 9.43. The molecule has 4 rings (SSSR count). The van der Waals surface area contributed by atoms with Crippen molar-refractivity contribution >= 4 is 27.3 Å². The number of hydrogen-bond acceptors (Lipinski definition) is 5. The first kappa shape index (κ1) is 21.5. The summed E-state index contributed by atoms with van der Waals surface area (Å²) >= 11 is 1.29. The molecule has 0 radical (unpaired) electrons. The largest absolute Gasteiger partial charge is 0.333 e. The monoisotopic (exact) mass is 447 g/mol. The molecular weight excluding hydrogens is 418 g/mol. The first-order valence-electron chi connectivity index (χ1n) is 10.5. The van der Waals surface area contributed by atoms with Crippen LogP contribution in [0.15, 0.2) is 46.7 Å². The molecule has 1 amide bonds. The molecule has 3 heterocycles. The Morgan fingerprint density at radius 3 is 2.50 bits per heavy atom. The second kappa shape index (κ2) is 8.78. The van der Waals surface area contributed by atoms with Gasteiger partial charge in [0.1, 0.15) is 4.21 Å². The van der Waals surface area contributed by atoms with Crippen molar-refractivity contribution in [2.45, 2.75) is 30.0 Å². The summed E-state index contributed by atoms with van der Waals surface area (Å²) < 4.78 is 28.0. The second-order valence-electron chi connectivity index (χ2n) is 8.29. The SMILES string of the molecule is Cc1ccc(S(=O)(=O)N2CCC[C@H](C(=O)N3CCN(C)C[C@H]3c3ccccc3)C2)s1. The third kappa shape index (κ3) is 4.32. The summed E-state index contributed by atoms with van der Waals surface area (Å²) in [7, 11) is -1.46. The molecule has 0 spiro atoms. The zero-order valence-electron chi connectivity index (χ0n) is 17.5. The molecule has 0 bridgehead atoms. The summed E-state index contributed by atoms with van der Waals surface area (Å²) in [5, 5.41) is 0. The van der Waals surface area contributed by atoms with Gasteiger partial charge in [-0.1, -0.05) is 30.3 Å². The predicted molar refractivity (Wildman–Crippen MR) is 119 cm³/mol. The van der Waals surface area contributed by atoms with Crippen LogP contribution in [0.1, 0.15) is 29.3 Å². The van der Waals surface area contributed by atoms with Gasteiger partial charge in [-0.05, 0) is 44.5 Å². The Labute approximate surface area is 183 Å². The molecule has 0 unspecified atom stereocenters. The van der Waals surface area contributed by atoms with Crippen molar-refractivity contribution < 1.29 is 13.2 Å². The lowest BCUT2D eigenvalue weighted by Crippen LogP contribution is -2.53. The molecular formula is C22H29N3O3S2. The first-order chi connectivity index (χ1) is 14.4. The van der Waals surface area contributed by atoms with Crippen molar-refractivity contribution in [1.82, 2.24) is 14.1 Å². The van der Waals surface area contributed by atoms with Gasteiger partial charge in [-0.2, -0.15) is 4.31 Å². The van der Waals surface area contributed by atoms with E-state index in [0.717, 1.165) is 30.0 Å². The van der Waals surface area contributed by atoms with Crippen molar-refractivity contribution in [2.75, 3.05) is 39.8 Å². The average molecular weight is 448 g/mol. The number of carbonyl (C=O) groups is 1. The molecule has 1 aromatic heterocycles. The number of thiophene rings is 1. The Balaban J connectivity index is 1.53. The maximum atomic E-state index is 13.5. The molecule has 6 nitrogen and oxygen atoms in total. The summed E-state index contributed by atoms with van der Waals surface area (Å²) in [5.74, 6) is -0.205. The topological polar surface area (TPSA) is 60.9 Å². The van der Waals surface area contributed by atoms with E-state index < -0.39 is 10.0 Å². The van der Waals surface area contributed by atoms with E-state index in [0.29, 0.717) is 23.7 Å². The fraction of sp³-hybridized carbons (Fsp3) is 0.500. The van der Waals surface area contributed by atoms with E-state index in [1.165, 1.54) is 15.6 Å². The number of sulfonamides is 1. The van der Waals surface area contributed by atoms with Crippen LogP contribution >= 0.6 is 11.3 Å². The Bertz CT molecular complexity index is 990. The number of benzene rings is 1. The molecule has 2 aromatic rings. The summed E-state index contributed by atoms with van der Waals surface area (Å²) in [5.41, 5.74) is 1.13. The Morgan fingerprint density at radius 1 is 1.03 bits per heavy atom. The predicted octanol–water partition coefficient (Wildman–Crippen LogP) is 2.97. The van der Waals surface area contributed by atoms with Crippen molar-refractivity contribution in [2.24, 2.45) is 5.92 Å². The van der Waals surface area contributed by atoms with Gasteiger partial charge in [0.25, 0.3) is 10.0 Å². The lowest BCUT2D eigenvalue weighted by molar-refractivity contribution is -0.141. The van der Waals surface area contributed by atoms with Crippen LogP contribution in [0.4, 0.5) is 0 Å². The number of piperazine rings is 1. The van der Waals surface area contributed by atoms with Crippen LogP contribution in [0.2, 0.25) is 0 Å². The van der Waals surface area contributed by atoms with Crippen LogP contribution < -0.4 is 0 Å². The minimum atomic E-state index is -3.54. The van der Waals surface area contributed by atoms with E-state index in [1.807, 2.05) is 36.1 Å². The van der Waals surface area contributed by atoms with Gasteiger partial charge in [-0.3, -0.25) is 4.79 Å². The number of nitrogens with zero attached hydrogens (tertiary/aromatic N) is 3. The minimum Gasteiger partial charge on any atom is -0.333 e. The number of carbonyl (C=O) groups excluding carboxylic acids is 1. The fourth-order valence-electron chi connectivity index (χ4n) is 4.42. The standard InChI is InChI=1S/C22H29N3O3S2/c1-17-10-11-21(29-17)30(27,28)24-12-6-9-19(15-24)22(26)25-14-13-23(2)16-20(25)18-7-4-3-5-8-18/h3-5,7-8,10-11,19-20H,6,9,12-16H2,1-2H3/t19-,20-/m0/s1. The summed E-state index contributed by atoms with van der Waals surface area (Å²) in [6.45, 7) is 4.95. The van der Waals surface area contributed by atoms with Gasteiger partial charge in [0, 0.05) is 37.6 Å². The van der Waals surface area contributed by atoms with Gasteiger partial charge < -0.3 is 9.80 Å². The van der Waals surface area contributed by atoms with Crippen LogP contribution in [0.3, 0.4) is 0 Å². The van der Waals surface area contributed by atoms with Crippen molar-refractivity contribution in [3.05, 3.63) is 52.9 Å². The highest BCUT2D eigenvalue weighted by molar-refractivity contribution is 7.91. The van der Waals surface area contributed by atoms with E-state index in [-0.39, 0.29) is 24.4 Å². The normalized spacial score (nSPS) is 24.1. The molecule has 2 aliphatic heterocycles. The van der Waals surface area contributed by atoms with Gasteiger partial charge in [0.2, 0.25) is 5.91 Å². The smallest absolute Gasteiger partial charge is 0.252 e. The molecule has 0 saturated carbocycles. The highest BCUT2D eigenvalue weighted by atomic mass is 32.2. The molecule has 2 fully saturated rings. The zero-order valence-corrected chi connectivity index (χ0v) is 19.2. The summed E-state index contributed by atoms with van der Waals surface area (Å²) in [6, 6.07) is 13.6. The number of rotatable bonds is 4. The van der Waals surface area contributed by atoms with E-state index in [4.69, 9.17) is 0 Å². The lowest BCUT2D eigenvalue weighted by atomic mass is 9.95. The maximum Gasteiger partial charge on any atom is 0.252 e. The second-order valence-corrected chi connectivity index (χ2v) is 11.7. The van der Waals surface area contributed by atoms with Crippen molar-refractivity contribution in [1.29, 1.82) is 0 Å². The number of hydrogen-bond donors (Lipinski definition) is 0. The fourth-order valence-corrected chi connectivity index (χ4v) is 7.38. The summed E-state index contributed by atoms with van der Waals surface area (Å²) in [4.78, 5) is 18.7. The number of piperidine rings is 1.